The minimum atomic E-state index is -0.192. The highest BCUT2D eigenvalue weighted by Gasteiger charge is 2.21. The predicted molar refractivity (Wildman–Crippen MR) is 104 cm³/mol. The molecule has 0 atom stereocenters. The lowest BCUT2D eigenvalue weighted by atomic mass is 10.1. The van der Waals surface area contributed by atoms with E-state index >= 15 is 0 Å². The lowest BCUT2D eigenvalue weighted by molar-refractivity contribution is -0.114. The molecule has 0 saturated carbocycles. The van der Waals surface area contributed by atoms with Crippen LogP contribution in [0.25, 0.3) is 23.4 Å². The molecular weight excluding hydrogens is 346 g/mol. The third kappa shape index (κ3) is 3.39. The van der Waals surface area contributed by atoms with Crippen molar-refractivity contribution in [3.05, 3.63) is 54.0 Å². The number of nitrogens with zero attached hydrogens (tertiary/aromatic N) is 4. The molecule has 0 spiro atoms. The molecule has 3 heterocycles. The van der Waals surface area contributed by atoms with E-state index in [9.17, 15) is 4.79 Å². The molecule has 0 aliphatic carbocycles. The van der Waals surface area contributed by atoms with Crippen molar-refractivity contribution in [2.24, 2.45) is 0 Å². The number of nitrogens with one attached hydrogen (secondary N) is 1. The second-order valence-electron chi connectivity index (χ2n) is 5.81. The van der Waals surface area contributed by atoms with Gasteiger partial charge in [0.1, 0.15) is 0 Å². The van der Waals surface area contributed by atoms with Gasteiger partial charge in [-0.25, -0.2) is 15.0 Å². The molecule has 0 bridgehead atoms. The highest BCUT2D eigenvalue weighted by Crippen LogP contribution is 2.34. The van der Waals surface area contributed by atoms with Crippen LogP contribution >= 0.6 is 11.8 Å². The summed E-state index contributed by atoms with van der Waals surface area (Å²) in [5.41, 5.74) is 3.86. The van der Waals surface area contributed by atoms with Crippen LogP contribution in [0, 0.1) is 0 Å². The quantitative estimate of drug-likeness (QED) is 0.767. The molecule has 7 heteroatoms. The number of anilines is 1. The first-order valence-corrected chi connectivity index (χ1v) is 9.27. The van der Waals surface area contributed by atoms with Gasteiger partial charge in [0.25, 0.3) is 0 Å². The molecule has 1 aliphatic rings. The van der Waals surface area contributed by atoms with Crippen molar-refractivity contribution in [1.82, 2.24) is 19.5 Å². The zero-order chi connectivity index (χ0) is 17.9. The highest BCUT2D eigenvalue weighted by molar-refractivity contribution is 7.99. The molecule has 130 valence electrons. The molecule has 6 nitrogen and oxygen atoms in total. The number of fused-ring (bicyclic) bond motifs is 1. The summed E-state index contributed by atoms with van der Waals surface area (Å²) >= 11 is 1.77. The normalized spacial score (nSPS) is 13.1. The van der Waals surface area contributed by atoms with Crippen molar-refractivity contribution in [2.75, 3.05) is 11.1 Å². The van der Waals surface area contributed by atoms with E-state index in [0.717, 1.165) is 40.1 Å². The molecule has 2 aromatic heterocycles. The van der Waals surface area contributed by atoms with Gasteiger partial charge >= 0.3 is 0 Å². The van der Waals surface area contributed by atoms with Crippen LogP contribution in [0.5, 0.6) is 0 Å². The van der Waals surface area contributed by atoms with Gasteiger partial charge in [0, 0.05) is 31.0 Å². The van der Waals surface area contributed by atoms with Gasteiger partial charge in [0.2, 0.25) is 11.9 Å². The Kier molecular flexibility index (Phi) is 4.53. The van der Waals surface area contributed by atoms with Crippen molar-refractivity contribution in [2.45, 2.75) is 18.6 Å². The number of thioether (sulfide) groups is 1. The van der Waals surface area contributed by atoms with Crippen LogP contribution < -0.4 is 5.32 Å². The number of carbonyl (C=O) groups excluding carboxylic acids is 1. The monoisotopic (exact) mass is 363 g/mol. The maximum absolute atomic E-state index is 11.2. The summed E-state index contributed by atoms with van der Waals surface area (Å²) in [6.07, 6.45) is 5.59. The van der Waals surface area contributed by atoms with Crippen LogP contribution in [0.4, 0.5) is 5.95 Å². The third-order valence-corrected chi connectivity index (χ3v) is 4.90. The zero-order valence-electron chi connectivity index (χ0n) is 14.2. The number of aromatic nitrogens is 4. The summed E-state index contributed by atoms with van der Waals surface area (Å²) in [6.45, 7) is 2.38. The van der Waals surface area contributed by atoms with Gasteiger partial charge < -0.3 is 4.57 Å². The molecule has 1 N–H and O–H groups in total. The fraction of sp³-hybridized carbons (Fsp3) is 0.158. The van der Waals surface area contributed by atoms with Crippen LogP contribution in [0.3, 0.4) is 0 Å². The van der Waals surface area contributed by atoms with Gasteiger partial charge in [-0.3, -0.25) is 10.1 Å². The van der Waals surface area contributed by atoms with E-state index in [0.29, 0.717) is 5.95 Å². The van der Waals surface area contributed by atoms with Gasteiger partial charge in [-0.05, 0) is 18.2 Å². The van der Waals surface area contributed by atoms with Gasteiger partial charge in [-0.1, -0.05) is 42.1 Å². The molecule has 1 amide bonds. The van der Waals surface area contributed by atoms with Crippen LogP contribution in [-0.4, -0.2) is 31.2 Å². The summed E-state index contributed by atoms with van der Waals surface area (Å²) in [5, 5.41) is 3.65. The Balaban J connectivity index is 1.70. The zero-order valence-corrected chi connectivity index (χ0v) is 15.0. The molecule has 0 saturated heterocycles. The lowest BCUT2D eigenvalue weighted by Gasteiger charge is -2.04. The topological polar surface area (TPSA) is 72.7 Å². The SMILES string of the molecule is CC(=O)Nc1nccc(/C=C/c2c(-c3ccccc3)nc3n2CCS3)n1. The van der Waals surface area contributed by atoms with Crippen molar-refractivity contribution in [1.29, 1.82) is 0 Å². The molecule has 0 fully saturated rings. The standard InChI is InChI=1S/C19H17N5OS/c1-13(25)21-18-20-10-9-15(22-18)7-8-16-17(14-5-3-2-4-6-14)23-19-24(16)11-12-26-19/h2-10H,11-12H2,1H3,(H,20,21,22,25)/b8-7+. The largest absolute Gasteiger partial charge is 0.318 e. The van der Waals surface area contributed by atoms with Crippen molar-refractivity contribution < 1.29 is 4.79 Å². The first kappa shape index (κ1) is 16.5. The van der Waals surface area contributed by atoms with E-state index in [2.05, 4.69) is 32.0 Å². The van der Waals surface area contributed by atoms with E-state index in [-0.39, 0.29) is 5.91 Å². The Morgan fingerprint density at radius 2 is 2.04 bits per heavy atom. The second-order valence-corrected chi connectivity index (χ2v) is 6.88. The molecular formula is C19H17N5OS. The summed E-state index contributed by atoms with van der Waals surface area (Å²) < 4.78 is 2.24. The summed E-state index contributed by atoms with van der Waals surface area (Å²) in [4.78, 5) is 24.4. The van der Waals surface area contributed by atoms with Crippen LogP contribution in [-0.2, 0) is 11.3 Å². The summed E-state index contributed by atoms with van der Waals surface area (Å²) in [7, 11) is 0. The third-order valence-electron chi connectivity index (χ3n) is 3.94. The Labute approximate surface area is 155 Å². The molecule has 1 aromatic carbocycles. The van der Waals surface area contributed by atoms with E-state index in [1.807, 2.05) is 30.4 Å². The Hall–Kier alpha value is -2.93. The molecule has 26 heavy (non-hydrogen) atoms. The Bertz CT molecular complexity index is 981. The number of rotatable bonds is 4. The maximum atomic E-state index is 11.2. The summed E-state index contributed by atoms with van der Waals surface area (Å²) in [5.74, 6) is 1.15. The Morgan fingerprint density at radius 1 is 1.19 bits per heavy atom. The average Bonchev–Trinajstić information content (AvgIpc) is 3.22. The maximum Gasteiger partial charge on any atom is 0.229 e. The molecule has 4 rings (SSSR count). The number of hydrogen-bond donors (Lipinski definition) is 1. The first-order chi connectivity index (χ1) is 12.7. The number of benzene rings is 1. The van der Waals surface area contributed by atoms with Gasteiger partial charge in [0.15, 0.2) is 5.16 Å². The molecule has 0 unspecified atom stereocenters. The van der Waals surface area contributed by atoms with Crippen LogP contribution in [0.1, 0.15) is 18.3 Å². The minimum absolute atomic E-state index is 0.192. The van der Waals surface area contributed by atoms with Gasteiger partial charge in [-0.15, -0.1) is 0 Å². The fourth-order valence-electron chi connectivity index (χ4n) is 2.82. The molecule has 0 radical (unpaired) electrons. The van der Waals surface area contributed by atoms with E-state index in [1.165, 1.54) is 6.92 Å². The van der Waals surface area contributed by atoms with E-state index in [4.69, 9.17) is 4.98 Å². The van der Waals surface area contributed by atoms with E-state index < -0.39 is 0 Å². The molecule has 1 aliphatic heterocycles. The summed E-state index contributed by atoms with van der Waals surface area (Å²) in [6, 6.07) is 12.0. The van der Waals surface area contributed by atoms with Gasteiger partial charge in [0.05, 0.1) is 17.1 Å². The minimum Gasteiger partial charge on any atom is -0.318 e. The van der Waals surface area contributed by atoms with Gasteiger partial charge in [-0.2, -0.15) is 0 Å². The second kappa shape index (κ2) is 7.13. The van der Waals surface area contributed by atoms with Crippen LogP contribution in [0.15, 0.2) is 47.8 Å². The molecule has 3 aromatic rings. The van der Waals surface area contributed by atoms with Crippen molar-refractivity contribution in [3.8, 4) is 11.3 Å². The van der Waals surface area contributed by atoms with Crippen molar-refractivity contribution >= 4 is 35.8 Å². The fourth-order valence-corrected chi connectivity index (χ4v) is 3.78. The number of imidazole rings is 1. The highest BCUT2D eigenvalue weighted by atomic mass is 32.2. The Morgan fingerprint density at radius 3 is 2.85 bits per heavy atom. The lowest BCUT2D eigenvalue weighted by Crippen LogP contribution is -2.09. The first-order valence-electron chi connectivity index (χ1n) is 8.28. The van der Waals surface area contributed by atoms with E-state index in [1.54, 1.807) is 24.0 Å². The number of amides is 1. The number of hydrogen-bond acceptors (Lipinski definition) is 5. The smallest absolute Gasteiger partial charge is 0.229 e. The predicted octanol–water partition coefficient (Wildman–Crippen LogP) is 3.57. The van der Waals surface area contributed by atoms with Crippen LogP contribution in [0.2, 0.25) is 0 Å². The average molecular weight is 363 g/mol. The van der Waals surface area contributed by atoms with Crippen molar-refractivity contribution in [3.63, 3.8) is 0 Å². The number of carbonyl (C=O) groups is 1.